The van der Waals surface area contributed by atoms with Gasteiger partial charge in [-0.05, 0) is 18.2 Å². The minimum atomic E-state index is -0.289. The van der Waals surface area contributed by atoms with Crippen LogP contribution in [0.15, 0.2) is 58.3 Å². The first-order valence-corrected chi connectivity index (χ1v) is 5.48. The molecule has 3 aromatic rings. The van der Waals surface area contributed by atoms with E-state index in [1.807, 2.05) is 0 Å². The zero-order valence-electron chi connectivity index (χ0n) is 9.38. The molecule has 2 heterocycles. The number of fused-ring (bicyclic) bond motifs is 1. The van der Waals surface area contributed by atoms with Gasteiger partial charge in [-0.3, -0.25) is 4.79 Å². The Morgan fingerprint density at radius 2 is 1.67 bits per heavy atom. The third kappa shape index (κ3) is 1.53. The molecule has 3 rings (SSSR count). The number of H-pyrrole nitrogens is 2. The standard InChI is InChI=1S/C13H9N3O2/c17-12-9-5-1-2-6-10(9)13(18)16(15-12)11-7-3-4-8-14-11/h1-8H,(H,15,17)/p+1. The van der Waals surface area contributed by atoms with Gasteiger partial charge in [0.05, 0.1) is 17.0 Å². The lowest BCUT2D eigenvalue weighted by Crippen LogP contribution is -2.32. The van der Waals surface area contributed by atoms with Crippen molar-refractivity contribution in [3.63, 3.8) is 0 Å². The van der Waals surface area contributed by atoms with E-state index in [1.54, 1.807) is 48.7 Å². The summed E-state index contributed by atoms with van der Waals surface area (Å²) >= 11 is 0. The van der Waals surface area contributed by atoms with Crippen molar-refractivity contribution in [1.82, 2.24) is 9.78 Å². The number of nitrogens with zero attached hydrogens (tertiary/aromatic N) is 1. The van der Waals surface area contributed by atoms with E-state index >= 15 is 0 Å². The highest BCUT2D eigenvalue weighted by molar-refractivity contribution is 5.80. The largest absolute Gasteiger partial charge is 0.365 e. The molecular formula is C13H10N3O2+. The van der Waals surface area contributed by atoms with Crippen molar-refractivity contribution in [2.45, 2.75) is 0 Å². The molecule has 2 N–H and O–H groups in total. The van der Waals surface area contributed by atoms with E-state index in [4.69, 9.17) is 0 Å². The lowest BCUT2D eigenvalue weighted by molar-refractivity contribution is -0.374. The van der Waals surface area contributed by atoms with E-state index in [-0.39, 0.29) is 11.1 Å². The Bertz CT molecular complexity index is 819. The van der Waals surface area contributed by atoms with Gasteiger partial charge in [-0.2, -0.15) is 5.10 Å². The van der Waals surface area contributed by atoms with Crippen LogP contribution in [0.4, 0.5) is 0 Å². The van der Waals surface area contributed by atoms with Gasteiger partial charge < -0.3 is 0 Å². The summed E-state index contributed by atoms with van der Waals surface area (Å²) in [6, 6.07) is 12.0. The number of aromatic amines is 2. The second kappa shape index (κ2) is 3.96. The van der Waals surface area contributed by atoms with Crippen molar-refractivity contribution in [2.24, 2.45) is 0 Å². The molecule has 0 amide bonds. The molecule has 0 radical (unpaired) electrons. The van der Waals surface area contributed by atoms with Gasteiger partial charge in [-0.1, -0.05) is 22.9 Å². The number of hydrogen-bond acceptors (Lipinski definition) is 2. The molecule has 0 aliphatic carbocycles. The summed E-state index contributed by atoms with van der Waals surface area (Å²) in [6.07, 6.45) is 1.69. The lowest BCUT2D eigenvalue weighted by atomic mass is 10.2. The van der Waals surface area contributed by atoms with Gasteiger partial charge in [-0.25, -0.2) is 9.78 Å². The SMILES string of the molecule is O=c1[nH]n(-c2cccc[nH+]2)c(=O)c2ccccc12. The van der Waals surface area contributed by atoms with Crippen molar-refractivity contribution in [2.75, 3.05) is 0 Å². The third-order valence-corrected chi connectivity index (χ3v) is 2.75. The third-order valence-electron chi connectivity index (χ3n) is 2.75. The van der Waals surface area contributed by atoms with E-state index in [1.165, 1.54) is 4.68 Å². The smallest absolute Gasteiger partial charge is 0.266 e. The number of pyridine rings is 1. The molecule has 1 aromatic carbocycles. The Labute approximate surface area is 101 Å². The van der Waals surface area contributed by atoms with Gasteiger partial charge >= 0.3 is 11.4 Å². The Hall–Kier alpha value is -2.69. The van der Waals surface area contributed by atoms with E-state index in [2.05, 4.69) is 10.1 Å². The van der Waals surface area contributed by atoms with Crippen LogP contribution in [0.3, 0.4) is 0 Å². The molecular weight excluding hydrogens is 230 g/mol. The number of aromatic nitrogens is 3. The molecule has 0 bridgehead atoms. The van der Waals surface area contributed by atoms with Crippen LogP contribution in [-0.2, 0) is 0 Å². The molecule has 88 valence electrons. The molecule has 5 heteroatoms. The van der Waals surface area contributed by atoms with Gasteiger partial charge in [0.15, 0.2) is 0 Å². The molecule has 18 heavy (non-hydrogen) atoms. The quantitative estimate of drug-likeness (QED) is 0.672. The number of hydrogen-bond donors (Lipinski definition) is 1. The first-order valence-electron chi connectivity index (χ1n) is 5.48. The van der Waals surface area contributed by atoms with E-state index in [9.17, 15) is 9.59 Å². The maximum absolute atomic E-state index is 12.3. The predicted molar refractivity (Wildman–Crippen MR) is 66.7 cm³/mol. The second-order valence-corrected chi connectivity index (χ2v) is 3.87. The van der Waals surface area contributed by atoms with Gasteiger partial charge in [0.1, 0.15) is 0 Å². The van der Waals surface area contributed by atoms with Crippen LogP contribution in [0.2, 0.25) is 0 Å². The molecule has 5 nitrogen and oxygen atoms in total. The molecule has 0 spiro atoms. The van der Waals surface area contributed by atoms with E-state index in [0.29, 0.717) is 16.6 Å². The van der Waals surface area contributed by atoms with Crippen LogP contribution in [0, 0.1) is 0 Å². The molecule has 0 aliphatic heterocycles. The number of rotatable bonds is 1. The average molecular weight is 240 g/mol. The van der Waals surface area contributed by atoms with Crippen molar-refractivity contribution in [3.8, 4) is 5.82 Å². The Morgan fingerprint density at radius 1 is 0.944 bits per heavy atom. The summed E-state index contributed by atoms with van der Waals surface area (Å²) in [4.78, 5) is 27.1. The average Bonchev–Trinajstić information content (AvgIpc) is 2.44. The monoisotopic (exact) mass is 240 g/mol. The summed E-state index contributed by atoms with van der Waals surface area (Å²) in [5.41, 5.74) is -0.546. The summed E-state index contributed by atoms with van der Waals surface area (Å²) in [6.45, 7) is 0. The summed E-state index contributed by atoms with van der Waals surface area (Å²) in [5, 5.41) is 3.35. The minimum absolute atomic E-state index is 0.257. The molecule has 0 saturated heterocycles. The molecule has 0 unspecified atom stereocenters. The Kier molecular flexibility index (Phi) is 2.30. The first-order chi connectivity index (χ1) is 8.77. The second-order valence-electron chi connectivity index (χ2n) is 3.87. The molecule has 0 saturated carbocycles. The normalized spacial score (nSPS) is 10.7. The van der Waals surface area contributed by atoms with Crippen LogP contribution >= 0.6 is 0 Å². The first kappa shape index (κ1) is 10.5. The van der Waals surface area contributed by atoms with Crippen LogP contribution in [0.25, 0.3) is 16.6 Å². The van der Waals surface area contributed by atoms with Crippen LogP contribution in [0.5, 0.6) is 0 Å². The van der Waals surface area contributed by atoms with Gasteiger partial charge in [-0.15, -0.1) is 0 Å². The molecule has 2 aromatic heterocycles. The van der Waals surface area contributed by atoms with Crippen LogP contribution < -0.4 is 16.1 Å². The fourth-order valence-corrected chi connectivity index (χ4v) is 1.89. The van der Waals surface area contributed by atoms with Gasteiger partial charge in [0, 0.05) is 6.07 Å². The number of nitrogens with one attached hydrogen (secondary N) is 2. The van der Waals surface area contributed by atoms with Crippen LogP contribution in [0.1, 0.15) is 0 Å². The van der Waals surface area contributed by atoms with E-state index in [0.717, 1.165) is 0 Å². The zero-order chi connectivity index (χ0) is 12.5. The molecule has 0 fully saturated rings. The Morgan fingerprint density at radius 3 is 2.39 bits per heavy atom. The predicted octanol–water partition coefficient (Wildman–Crippen LogP) is 0.493. The highest BCUT2D eigenvalue weighted by atomic mass is 16.2. The van der Waals surface area contributed by atoms with Crippen molar-refractivity contribution >= 4 is 10.8 Å². The minimum Gasteiger partial charge on any atom is -0.266 e. The van der Waals surface area contributed by atoms with Gasteiger partial charge in [0.2, 0.25) is 0 Å². The van der Waals surface area contributed by atoms with Crippen molar-refractivity contribution in [1.29, 1.82) is 0 Å². The lowest BCUT2D eigenvalue weighted by Gasteiger charge is -1.98. The summed E-state index contributed by atoms with van der Waals surface area (Å²) in [7, 11) is 0. The summed E-state index contributed by atoms with van der Waals surface area (Å²) in [5.74, 6) is 0.519. The Balaban J connectivity index is 2.43. The highest BCUT2D eigenvalue weighted by Gasteiger charge is 2.14. The van der Waals surface area contributed by atoms with Crippen molar-refractivity contribution < 1.29 is 4.98 Å². The number of benzene rings is 1. The fraction of sp³-hybridized carbons (Fsp3) is 0. The fourth-order valence-electron chi connectivity index (χ4n) is 1.89. The highest BCUT2D eigenvalue weighted by Crippen LogP contribution is 2.03. The maximum Gasteiger partial charge on any atom is 0.365 e. The van der Waals surface area contributed by atoms with Crippen LogP contribution in [-0.4, -0.2) is 9.78 Å². The topological polar surface area (TPSA) is 69.0 Å². The molecule has 0 atom stereocenters. The van der Waals surface area contributed by atoms with Gasteiger partial charge in [0.25, 0.3) is 5.56 Å². The zero-order valence-corrected chi connectivity index (χ0v) is 9.38. The maximum atomic E-state index is 12.3. The van der Waals surface area contributed by atoms with Crippen molar-refractivity contribution in [3.05, 3.63) is 69.4 Å². The molecule has 0 aliphatic rings. The summed E-state index contributed by atoms with van der Waals surface area (Å²) < 4.78 is 1.21. The van der Waals surface area contributed by atoms with E-state index < -0.39 is 0 Å².